The van der Waals surface area contributed by atoms with Crippen LogP contribution in [0.5, 0.6) is 0 Å². The Morgan fingerprint density at radius 3 is 3.06 bits per heavy atom. The van der Waals surface area contributed by atoms with Crippen LogP contribution in [0.4, 0.5) is 0 Å². The predicted octanol–water partition coefficient (Wildman–Crippen LogP) is 2.14. The topological polar surface area (TPSA) is 42.7 Å². The van der Waals surface area contributed by atoms with Gasteiger partial charge in [-0.05, 0) is 44.1 Å². The van der Waals surface area contributed by atoms with Crippen LogP contribution in [-0.4, -0.2) is 21.3 Å². The molecule has 0 aromatic carbocycles. The lowest BCUT2D eigenvalue weighted by atomic mass is 9.95. The normalized spacial score (nSPS) is 31.2. The van der Waals surface area contributed by atoms with Crippen LogP contribution >= 0.6 is 0 Å². The van der Waals surface area contributed by atoms with Crippen molar-refractivity contribution in [1.29, 1.82) is 0 Å². The predicted molar refractivity (Wildman–Crippen MR) is 66.5 cm³/mol. The number of hydrogen-bond donors (Lipinski definition) is 1. The number of fused-ring (bicyclic) bond motifs is 2. The summed E-state index contributed by atoms with van der Waals surface area (Å²) in [5.41, 5.74) is 0. The van der Waals surface area contributed by atoms with E-state index in [2.05, 4.69) is 27.0 Å². The summed E-state index contributed by atoms with van der Waals surface area (Å²) in [5, 5.41) is 7.88. The minimum atomic E-state index is 0.634. The third-order valence-corrected chi connectivity index (χ3v) is 4.37. The molecule has 1 heterocycles. The summed E-state index contributed by atoms with van der Waals surface area (Å²) in [6.07, 6.45) is 8.48. The van der Waals surface area contributed by atoms with E-state index >= 15 is 0 Å². The van der Waals surface area contributed by atoms with Crippen LogP contribution in [0.3, 0.4) is 0 Å². The summed E-state index contributed by atoms with van der Waals surface area (Å²) in [6.45, 7) is 4.11. The number of nitrogens with one attached hydrogen (secondary N) is 1. The Morgan fingerprint density at radius 1 is 1.41 bits per heavy atom. The molecule has 3 atom stereocenters. The maximum Gasteiger partial charge on any atom is 0.141 e. The van der Waals surface area contributed by atoms with Crippen molar-refractivity contribution in [2.75, 3.05) is 6.54 Å². The van der Waals surface area contributed by atoms with Gasteiger partial charge in [-0.1, -0.05) is 13.3 Å². The van der Waals surface area contributed by atoms with Gasteiger partial charge in [-0.15, -0.1) is 0 Å². The molecule has 0 radical (unpaired) electrons. The van der Waals surface area contributed by atoms with Gasteiger partial charge in [-0.3, -0.25) is 0 Å². The van der Waals surface area contributed by atoms with Crippen LogP contribution in [0.25, 0.3) is 0 Å². The van der Waals surface area contributed by atoms with Crippen LogP contribution in [0.1, 0.15) is 50.9 Å². The van der Waals surface area contributed by atoms with Crippen LogP contribution in [-0.2, 0) is 6.54 Å². The fourth-order valence-corrected chi connectivity index (χ4v) is 3.57. The van der Waals surface area contributed by atoms with Crippen molar-refractivity contribution in [2.45, 2.75) is 51.6 Å². The van der Waals surface area contributed by atoms with Gasteiger partial charge in [-0.2, -0.15) is 5.10 Å². The molecule has 2 aliphatic carbocycles. The van der Waals surface area contributed by atoms with Crippen molar-refractivity contribution in [3.05, 3.63) is 12.2 Å². The summed E-state index contributed by atoms with van der Waals surface area (Å²) in [5.74, 6) is 2.95. The summed E-state index contributed by atoms with van der Waals surface area (Å²) >= 11 is 0. The van der Waals surface area contributed by atoms with Crippen LogP contribution < -0.4 is 5.32 Å². The number of hydrogen-bond acceptors (Lipinski definition) is 3. The lowest BCUT2D eigenvalue weighted by molar-refractivity contribution is 0.297. The van der Waals surface area contributed by atoms with Crippen LogP contribution in [0, 0.1) is 11.8 Å². The largest absolute Gasteiger partial charge is 0.310 e. The lowest BCUT2D eigenvalue weighted by Gasteiger charge is -2.23. The molecule has 3 unspecified atom stereocenters. The zero-order valence-electron chi connectivity index (χ0n) is 10.6. The molecule has 1 N–H and O–H groups in total. The first kappa shape index (κ1) is 11.2. The highest BCUT2D eigenvalue weighted by atomic mass is 15.4. The SMILES string of the molecule is CCCNCc1ncnn1C1CC2CCC1C2. The second-order valence-corrected chi connectivity index (χ2v) is 5.54. The summed E-state index contributed by atoms with van der Waals surface area (Å²) in [7, 11) is 0. The Morgan fingerprint density at radius 2 is 2.35 bits per heavy atom. The molecular weight excluding hydrogens is 212 g/mol. The molecule has 4 nitrogen and oxygen atoms in total. The Kier molecular flexibility index (Phi) is 3.14. The highest BCUT2D eigenvalue weighted by Crippen LogP contribution is 2.50. The van der Waals surface area contributed by atoms with Crippen molar-refractivity contribution in [3.8, 4) is 0 Å². The van der Waals surface area contributed by atoms with E-state index < -0.39 is 0 Å². The molecule has 4 heteroatoms. The molecule has 2 aliphatic rings. The van der Waals surface area contributed by atoms with Gasteiger partial charge in [0.2, 0.25) is 0 Å². The highest BCUT2D eigenvalue weighted by molar-refractivity contribution is 4.97. The monoisotopic (exact) mass is 234 g/mol. The Labute approximate surface area is 103 Å². The van der Waals surface area contributed by atoms with Crippen molar-refractivity contribution in [1.82, 2.24) is 20.1 Å². The van der Waals surface area contributed by atoms with Gasteiger partial charge >= 0.3 is 0 Å². The number of nitrogens with zero attached hydrogens (tertiary/aromatic N) is 3. The first-order chi connectivity index (χ1) is 8.38. The van der Waals surface area contributed by atoms with E-state index in [1.807, 2.05) is 0 Å². The zero-order valence-corrected chi connectivity index (χ0v) is 10.6. The molecule has 17 heavy (non-hydrogen) atoms. The second kappa shape index (κ2) is 4.77. The minimum Gasteiger partial charge on any atom is -0.310 e. The molecule has 2 bridgehead atoms. The van der Waals surface area contributed by atoms with E-state index in [1.165, 1.54) is 32.1 Å². The molecule has 2 saturated carbocycles. The highest BCUT2D eigenvalue weighted by Gasteiger charge is 2.41. The lowest BCUT2D eigenvalue weighted by Crippen LogP contribution is -2.23. The van der Waals surface area contributed by atoms with Crippen LogP contribution in [0.15, 0.2) is 6.33 Å². The van der Waals surface area contributed by atoms with Gasteiger partial charge in [-0.25, -0.2) is 9.67 Å². The molecule has 94 valence electrons. The van der Waals surface area contributed by atoms with E-state index in [-0.39, 0.29) is 0 Å². The third kappa shape index (κ3) is 2.10. The number of aromatic nitrogens is 3. The van der Waals surface area contributed by atoms with Gasteiger partial charge in [0, 0.05) is 0 Å². The third-order valence-electron chi connectivity index (χ3n) is 4.37. The van der Waals surface area contributed by atoms with Crippen molar-refractivity contribution in [3.63, 3.8) is 0 Å². The molecular formula is C13H22N4. The number of rotatable bonds is 5. The summed E-state index contributed by atoms with van der Waals surface area (Å²) in [4.78, 5) is 4.41. The molecule has 1 aromatic heterocycles. The van der Waals surface area contributed by atoms with E-state index in [9.17, 15) is 0 Å². The first-order valence-electron chi connectivity index (χ1n) is 6.97. The molecule has 3 rings (SSSR count). The summed E-state index contributed by atoms with van der Waals surface area (Å²) < 4.78 is 2.20. The standard InChI is InChI=1S/C13H22N4/c1-2-5-14-8-13-15-9-16-17(13)12-7-10-3-4-11(12)6-10/h9-12,14H,2-8H2,1H3. The molecule has 1 aromatic rings. The zero-order chi connectivity index (χ0) is 11.7. The smallest absolute Gasteiger partial charge is 0.141 e. The van der Waals surface area contributed by atoms with Gasteiger partial charge in [0.25, 0.3) is 0 Å². The van der Waals surface area contributed by atoms with E-state index in [0.717, 1.165) is 30.7 Å². The van der Waals surface area contributed by atoms with Gasteiger partial charge < -0.3 is 5.32 Å². The molecule has 0 aliphatic heterocycles. The van der Waals surface area contributed by atoms with E-state index in [1.54, 1.807) is 6.33 Å². The van der Waals surface area contributed by atoms with Gasteiger partial charge in [0.1, 0.15) is 12.2 Å². The quantitative estimate of drug-likeness (QED) is 0.794. The summed E-state index contributed by atoms with van der Waals surface area (Å²) in [6, 6.07) is 0.634. The average Bonchev–Trinajstić information content (AvgIpc) is 3.04. The molecule has 0 spiro atoms. The fraction of sp³-hybridized carbons (Fsp3) is 0.846. The van der Waals surface area contributed by atoms with Crippen LogP contribution in [0.2, 0.25) is 0 Å². The van der Waals surface area contributed by atoms with E-state index in [4.69, 9.17) is 0 Å². The Balaban J connectivity index is 1.68. The van der Waals surface area contributed by atoms with E-state index in [0.29, 0.717) is 6.04 Å². The fourth-order valence-electron chi connectivity index (χ4n) is 3.57. The molecule has 2 fully saturated rings. The first-order valence-corrected chi connectivity index (χ1v) is 6.97. The average molecular weight is 234 g/mol. The Bertz CT molecular complexity index is 373. The molecule has 0 saturated heterocycles. The maximum atomic E-state index is 4.46. The van der Waals surface area contributed by atoms with Gasteiger partial charge in [0.15, 0.2) is 0 Å². The minimum absolute atomic E-state index is 0.634. The maximum absolute atomic E-state index is 4.46. The Hall–Kier alpha value is -0.900. The van der Waals surface area contributed by atoms with Crippen molar-refractivity contribution < 1.29 is 0 Å². The van der Waals surface area contributed by atoms with Gasteiger partial charge in [0.05, 0.1) is 12.6 Å². The second-order valence-electron chi connectivity index (χ2n) is 5.54. The molecule has 0 amide bonds. The van der Waals surface area contributed by atoms with Crippen molar-refractivity contribution >= 4 is 0 Å². The van der Waals surface area contributed by atoms with Crippen molar-refractivity contribution in [2.24, 2.45) is 11.8 Å².